The molecule has 2 N–H and O–H groups in total. The molecule has 0 aliphatic heterocycles. The van der Waals surface area contributed by atoms with E-state index in [9.17, 15) is 19.2 Å². The number of aldehydes is 1. The molecule has 2 aromatic carbocycles. The molecular weight excluding hydrogens is 324 g/mol. The summed E-state index contributed by atoms with van der Waals surface area (Å²) in [4.78, 5) is 45.3. The van der Waals surface area contributed by atoms with E-state index in [1.165, 1.54) is 31.2 Å². The number of benzene rings is 2. The molecule has 7 heteroatoms. The van der Waals surface area contributed by atoms with Gasteiger partial charge in [-0.2, -0.15) is 0 Å². The van der Waals surface area contributed by atoms with Gasteiger partial charge in [-0.15, -0.1) is 0 Å². The van der Waals surface area contributed by atoms with Crippen molar-refractivity contribution < 1.29 is 23.9 Å². The van der Waals surface area contributed by atoms with Gasteiger partial charge in [0.25, 0.3) is 5.91 Å². The summed E-state index contributed by atoms with van der Waals surface area (Å²) in [5.41, 5.74) is 1.68. The summed E-state index contributed by atoms with van der Waals surface area (Å²) in [5.74, 6) is -1.41. The lowest BCUT2D eigenvalue weighted by molar-refractivity contribution is -0.119. The number of carbonyl (C=O) groups excluding carboxylic acids is 4. The normalized spacial score (nSPS) is 9.80. The van der Waals surface area contributed by atoms with Gasteiger partial charge in [-0.25, -0.2) is 4.79 Å². The van der Waals surface area contributed by atoms with Crippen molar-refractivity contribution >= 4 is 35.4 Å². The molecule has 2 amide bonds. The van der Waals surface area contributed by atoms with Crippen LogP contribution >= 0.6 is 0 Å². The van der Waals surface area contributed by atoms with Crippen molar-refractivity contribution in [2.75, 3.05) is 17.2 Å². The van der Waals surface area contributed by atoms with Crippen molar-refractivity contribution in [3.63, 3.8) is 0 Å². The van der Waals surface area contributed by atoms with Crippen molar-refractivity contribution in [3.05, 3.63) is 59.7 Å². The highest BCUT2D eigenvalue weighted by Gasteiger charge is 2.10. The molecule has 0 aliphatic rings. The predicted octanol–water partition coefficient (Wildman–Crippen LogP) is 2.25. The van der Waals surface area contributed by atoms with Gasteiger partial charge in [0, 0.05) is 23.9 Å². The van der Waals surface area contributed by atoms with Crippen LogP contribution in [0.2, 0.25) is 0 Å². The lowest BCUT2D eigenvalue weighted by Crippen LogP contribution is -2.21. The average molecular weight is 340 g/mol. The first-order chi connectivity index (χ1) is 12.0. The highest BCUT2D eigenvalue weighted by Crippen LogP contribution is 2.15. The van der Waals surface area contributed by atoms with Crippen LogP contribution < -0.4 is 10.6 Å². The van der Waals surface area contributed by atoms with E-state index in [2.05, 4.69) is 10.6 Å². The van der Waals surface area contributed by atoms with Crippen LogP contribution in [0.4, 0.5) is 11.4 Å². The largest absolute Gasteiger partial charge is 0.452 e. The minimum atomic E-state index is -0.667. The number of anilines is 2. The minimum Gasteiger partial charge on any atom is -0.452 e. The van der Waals surface area contributed by atoms with Crippen LogP contribution in [-0.2, 0) is 14.3 Å². The molecule has 0 atom stereocenters. The van der Waals surface area contributed by atoms with Gasteiger partial charge in [0.15, 0.2) is 6.61 Å². The molecule has 0 saturated heterocycles. The molecular formula is C18H16N2O5. The summed E-state index contributed by atoms with van der Waals surface area (Å²) in [5, 5.41) is 5.17. The zero-order chi connectivity index (χ0) is 18.2. The molecule has 2 aromatic rings. The zero-order valence-electron chi connectivity index (χ0n) is 13.4. The van der Waals surface area contributed by atoms with Crippen LogP contribution in [0.15, 0.2) is 48.5 Å². The van der Waals surface area contributed by atoms with Gasteiger partial charge in [0.05, 0.1) is 5.56 Å². The summed E-state index contributed by atoms with van der Waals surface area (Å²) in [6.45, 7) is 0.922. The van der Waals surface area contributed by atoms with E-state index in [1.54, 1.807) is 24.3 Å². The van der Waals surface area contributed by atoms with Crippen molar-refractivity contribution in [3.8, 4) is 0 Å². The maximum absolute atomic E-state index is 11.9. The molecule has 128 valence electrons. The Kier molecular flexibility index (Phi) is 6.00. The first-order valence-electron chi connectivity index (χ1n) is 7.38. The summed E-state index contributed by atoms with van der Waals surface area (Å²) in [6.07, 6.45) is 0.664. The Hall–Kier alpha value is -3.48. The number of hydrogen-bond acceptors (Lipinski definition) is 5. The van der Waals surface area contributed by atoms with E-state index >= 15 is 0 Å². The molecule has 0 aliphatic carbocycles. The fourth-order valence-electron chi connectivity index (χ4n) is 1.99. The molecule has 0 aromatic heterocycles. The van der Waals surface area contributed by atoms with Crippen LogP contribution in [0, 0.1) is 0 Å². The van der Waals surface area contributed by atoms with E-state index in [-0.39, 0.29) is 11.5 Å². The Bertz CT molecular complexity index is 799. The highest BCUT2D eigenvalue weighted by molar-refractivity contribution is 5.96. The second kappa shape index (κ2) is 8.39. The molecule has 25 heavy (non-hydrogen) atoms. The number of ether oxygens (including phenoxy) is 1. The number of nitrogens with one attached hydrogen (secondary N) is 2. The molecule has 0 radical (unpaired) electrons. The third-order valence-electron chi connectivity index (χ3n) is 3.08. The van der Waals surface area contributed by atoms with Crippen LogP contribution in [-0.4, -0.2) is 30.7 Å². The molecule has 0 spiro atoms. The number of esters is 1. The van der Waals surface area contributed by atoms with Crippen LogP contribution in [0.1, 0.15) is 27.6 Å². The maximum atomic E-state index is 11.9. The van der Waals surface area contributed by atoms with Crippen molar-refractivity contribution in [2.45, 2.75) is 6.92 Å². The highest BCUT2D eigenvalue weighted by atomic mass is 16.5. The average Bonchev–Trinajstić information content (AvgIpc) is 2.59. The second-order valence-corrected chi connectivity index (χ2v) is 5.13. The third-order valence-corrected chi connectivity index (χ3v) is 3.08. The zero-order valence-corrected chi connectivity index (χ0v) is 13.4. The van der Waals surface area contributed by atoms with Gasteiger partial charge < -0.3 is 15.4 Å². The quantitative estimate of drug-likeness (QED) is 0.620. The minimum absolute atomic E-state index is 0.224. The van der Waals surface area contributed by atoms with E-state index in [4.69, 9.17) is 4.74 Å². The summed E-state index contributed by atoms with van der Waals surface area (Å²) in [6, 6.07) is 12.4. The fraction of sp³-hybridized carbons (Fsp3) is 0.111. The maximum Gasteiger partial charge on any atom is 0.338 e. The van der Waals surface area contributed by atoms with Crippen LogP contribution in [0.5, 0.6) is 0 Å². The lowest BCUT2D eigenvalue weighted by Gasteiger charge is -2.08. The molecule has 0 unspecified atom stereocenters. The second-order valence-electron chi connectivity index (χ2n) is 5.13. The molecule has 7 nitrogen and oxygen atoms in total. The monoisotopic (exact) mass is 340 g/mol. The lowest BCUT2D eigenvalue weighted by atomic mass is 10.1. The summed E-state index contributed by atoms with van der Waals surface area (Å²) in [7, 11) is 0. The van der Waals surface area contributed by atoms with Crippen molar-refractivity contribution in [1.82, 2.24) is 0 Å². The Labute approximate surface area is 144 Å². The first-order valence-corrected chi connectivity index (χ1v) is 7.38. The van der Waals surface area contributed by atoms with Crippen molar-refractivity contribution in [1.29, 1.82) is 0 Å². The van der Waals surface area contributed by atoms with E-state index in [0.29, 0.717) is 23.2 Å². The first kappa shape index (κ1) is 17.9. The van der Waals surface area contributed by atoms with Crippen LogP contribution in [0.25, 0.3) is 0 Å². The number of rotatable bonds is 6. The van der Waals surface area contributed by atoms with Gasteiger partial charge in [-0.05, 0) is 30.3 Å². The van der Waals surface area contributed by atoms with Gasteiger partial charge >= 0.3 is 5.97 Å². The van der Waals surface area contributed by atoms with E-state index in [1.807, 2.05) is 0 Å². The third kappa shape index (κ3) is 5.58. The smallest absolute Gasteiger partial charge is 0.338 e. The molecule has 2 rings (SSSR count). The SMILES string of the molecule is CC(=O)Nc1cccc(NC(=O)COC(=O)c2ccc(C=O)cc2)c1. The van der Waals surface area contributed by atoms with Crippen molar-refractivity contribution in [2.24, 2.45) is 0 Å². The van der Waals surface area contributed by atoms with Crippen LogP contribution in [0.3, 0.4) is 0 Å². The Morgan fingerprint density at radius 2 is 1.64 bits per heavy atom. The molecule has 0 fully saturated rings. The number of carbonyl (C=O) groups is 4. The summed E-state index contributed by atoms with van der Waals surface area (Å²) < 4.78 is 4.92. The Morgan fingerprint density at radius 3 is 2.24 bits per heavy atom. The van der Waals surface area contributed by atoms with Gasteiger partial charge in [0.1, 0.15) is 6.29 Å². The molecule has 0 bridgehead atoms. The number of amides is 2. The molecule has 0 heterocycles. The Balaban J connectivity index is 1.88. The van der Waals surface area contributed by atoms with Gasteiger partial charge in [0.2, 0.25) is 5.91 Å². The fourth-order valence-corrected chi connectivity index (χ4v) is 1.99. The Morgan fingerprint density at radius 1 is 1.00 bits per heavy atom. The van der Waals surface area contributed by atoms with E-state index in [0.717, 1.165) is 0 Å². The molecule has 0 saturated carbocycles. The van der Waals surface area contributed by atoms with E-state index < -0.39 is 18.5 Å². The summed E-state index contributed by atoms with van der Waals surface area (Å²) >= 11 is 0. The topological polar surface area (TPSA) is 102 Å². The van der Waals surface area contributed by atoms with Gasteiger partial charge in [-0.3, -0.25) is 14.4 Å². The standard InChI is InChI=1S/C18H16N2O5/c1-12(22)19-15-3-2-4-16(9-15)20-17(23)11-25-18(24)14-7-5-13(10-21)6-8-14/h2-10H,11H2,1H3,(H,19,22)(H,20,23). The van der Waals surface area contributed by atoms with Gasteiger partial charge in [-0.1, -0.05) is 18.2 Å². The number of hydrogen-bond donors (Lipinski definition) is 2. The predicted molar refractivity (Wildman–Crippen MR) is 91.5 cm³/mol.